The largest absolute Gasteiger partial charge is 0.481 e. The van der Waals surface area contributed by atoms with Crippen molar-refractivity contribution in [1.29, 1.82) is 0 Å². The Kier molecular flexibility index (Phi) is 7.68. The van der Waals surface area contributed by atoms with Crippen molar-refractivity contribution in [3.8, 4) is 11.1 Å². The monoisotopic (exact) mass is 471 g/mol. The van der Waals surface area contributed by atoms with Gasteiger partial charge in [0.25, 0.3) is 0 Å². The van der Waals surface area contributed by atoms with Crippen LogP contribution < -0.4 is 0 Å². The first-order valence-electron chi connectivity index (χ1n) is 11.5. The van der Waals surface area contributed by atoms with E-state index in [0.717, 1.165) is 22.8 Å². The molecule has 35 heavy (non-hydrogen) atoms. The standard InChI is InChI=1S/C30H27F2NO2/c1-21(23-11-6-3-7-12-23)33(20-22-9-4-2-5-10-22)29(19-30(34)35)25-14-8-13-24(17-25)27-16-15-26(31)18-28(27)32/h2-18,21,29H,19-20H2,1H3,(H,34,35)/t21-,29+/m1/s1. The smallest absolute Gasteiger partial charge is 0.305 e. The summed E-state index contributed by atoms with van der Waals surface area (Å²) in [4.78, 5) is 14.2. The molecule has 2 atom stereocenters. The van der Waals surface area contributed by atoms with Crippen LogP contribution in [0, 0.1) is 11.6 Å². The molecule has 0 fully saturated rings. The van der Waals surface area contributed by atoms with Crippen molar-refractivity contribution in [2.75, 3.05) is 0 Å². The van der Waals surface area contributed by atoms with Crippen molar-refractivity contribution in [3.05, 3.63) is 131 Å². The first-order valence-corrected chi connectivity index (χ1v) is 11.5. The van der Waals surface area contributed by atoms with E-state index in [2.05, 4.69) is 11.8 Å². The van der Waals surface area contributed by atoms with Gasteiger partial charge in [-0.3, -0.25) is 9.69 Å². The third-order valence-electron chi connectivity index (χ3n) is 6.27. The van der Waals surface area contributed by atoms with Crippen LogP contribution in [0.2, 0.25) is 0 Å². The van der Waals surface area contributed by atoms with Gasteiger partial charge in [-0.05, 0) is 47.4 Å². The quantitative estimate of drug-likeness (QED) is 0.276. The van der Waals surface area contributed by atoms with Gasteiger partial charge < -0.3 is 5.11 Å². The summed E-state index contributed by atoms with van der Waals surface area (Å²) >= 11 is 0. The molecule has 0 aromatic heterocycles. The molecule has 0 aliphatic rings. The highest BCUT2D eigenvalue weighted by molar-refractivity contribution is 5.69. The average molecular weight is 472 g/mol. The molecular weight excluding hydrogens is 444 g/mol. The van der Waals surface area contributed by atoms with Crippen LogP contribution in [-0.4, -0.2) is 16.0 Å². The second-order valence-electron chi connectivity index (χ2n) is 8.61. The lowest BCUT2D eigenvalue weighted by molar-refractivity contribution is -0.138. The minimum Gasteiger partial charge on any atom is -0.481 e. The van der Waals surface area contributed by atoms with Crippen molar-refractivity contribution >= 4 is 5.97 Å². The number of rotatable bonds is 9. The number of hydrogen-bond donors (Lipinski definition) is 1. The zero-order valence-electron chi connectivity index (χ0n) is 19.4. The molecule has 0 unspecified atom stereocenters. The van der Waals surface area contributed by atoms with Crippen LogP contribution in [0.25, 0.3) is 11.1 Å². The summed E-state index contributed by atoms with van der Waals surface area (Å²) in [5.74, 6) is -2.22. The highest BCUT2D eigenvalue weighted by Gasteiger charge is 2.28. The molecule has 4 aromatic rings. The number of benzene rings is 4. The lowest BCUT2D eigenvalue weighted by Gasteiger charge is -2.37. The molecule has 4 rings (SSSR count). The van der Waals surface area contributed by atoms with E-state index >= 15 is 0 Å². The average Bonchev–Trinajstić information content (AvgIpc) is 2.87. The summed E-state index contributed by atoms with van der Waals surface area (Å²) < 4.78 is 28.0. The Morgan fingerprint density at radius 2 is 1.49 bits per heavy atom. The molecule has 0 aliphatic heterocycles. The van der Waals surface area contributed by atoms with Gasteiger partial charge in [-0.15, -0.1) is 0 Å². The summed E-state index contributed by atoms with van der Waals surface area (Å²) in [6.07, 6.45) is -0.126. The molecule has 4 aromatic carbocycles. The molecule has 1 N–H and O–H groups in total. The molecule has 0 spiro atoms. The third kappa shape index (κ3) is 6.00. The lowest BCUT2D eigenvalue weighted by atomic mass is 9.94. The predicted molar refractivity (Wildman–Crippen MR) is 134 cm³/mol. The van der Waals surface area contributed by atoms with Gasteiger partial charge in [-0.25, -0.2) is 8.78 Å². The topological polar surface area (TPSA) is 40.5 Å². The highest BCUT2D eigenvalue weighted by atomic mass is 19.1. The Hall–Kier alpha value is -3.83. The minimum atomic E-state index is -0.924. The van der Waals surface area contributed by atoms with Crippen LogP contribution in [0.15, 0.2) is 103 Å². The van der Waals surface area contributed by atoms with E-state index < -0.39 is 23.6 Å². The van der Waals surface area contributed by atoms with Gasteiger partial charge >= 0.3 is 5.97 Å². The van der Waals surface area contributed by atoms with Gasteiger partial charge in [0.15, 0.2) is 0 Å². The van der Waals surface area contributed by atoms with Gasteiger partial charge in [-0.2, -0.15) is 0 Å². The lowest BCUT2D eigenvalue weighted by Crippen LogP contribution is -2.32. The van der Waals surface area contributed by atoms with Crippen LogP contribution >= 0.6 is 0 Å². The van der Waals surface area contributed by atoms with Crippen molar-refractivity contribution in [2.24, 2.45) is 0 Å². The summed E-state index contributed by atoms with van der Waals surface area (Å²) in [6.45, 7) is 2.60. The summed E-state index contributed by atoms with van der Waals surface area (Å²) in [6, 6.07) is 30.0. The Morgan fingerprint density at radius 1 is 0.829 bits per heavy atom. The van der Waals surface area contributed by atoms with Gasteiger partial charge in [-0.1, -0.05) is 78.9 Å². The van der Waals surface area contributed by atoms with Crippen molar-refractivity contribution in [2.45, 2.75) is 32.0 Å². The Labute approximate surface area is 204 Å². The minimum absolute atomic E-state index is 0.0908. The van der Waals surface area contributed by atoms with Crippen molar-refractivity contribution in [3.63, 3.8) is 0 Å². The first-order chi connectivity index (χ1) is 16.9. The molecule has 0 radical (unpaired) electrons. The normalized spacial score (nSPS) is 12.9. The van der Waals surface area contributed by atoms with Crippen molar-refractivity contribution < 1.29 is 18.7 Å². The second kappa shape index (κ2) is 11.1. The summed E-state index contributed by atoms with van der Waals surface area (Å²) in [5, 5.41) is 9.85. The maximum absolute atomic E-state index is 14.5. The first kappa shape index (κ1) is 24.3. The zero-order chi connectivity index (χ0) is 24.8. The number of carbonyl (C=O) groups is 1. The summed E-state index contributed by atoms with van der Waals surface area (Å²) in [5.41, 5.74) is 3.73. The SMILES string of the molecule is C[C@H](c1ccccc1)N(Cc1ccccc1)[C@@H](CC(=O)O)c1cccc(-c2ccc(F)cc2F)c1. The van der Waals surface area contributed by atoms with Gasteiger partial charge in [0.1, 0.15) is 11.6 Å². The number of halogens is 2. The predicted octanol–water partition coefficient (Wildman–Crippen LogP) is 7.41. The fraction of sp³-hybridized carbons (Fsp3) is 0.167. The molecule has 178 valence electrons. The van der Waals surface area contributed by atoms with E-state index in [9.17, 15) is 18.7 Å². The molecule has 0 saturated carbocycles. The number of nitrogens with zero attached hydrogens (tertiary/aromatic N) is 1. The summed E-state index contributed by atoms with van der Waals surface area (Å²) in [7, 11) is 0. The maximum atomic E-state index is 14.5. The van der Waals surface area contributed by atoms with E-state index in [1.54, 1.807) is 18.2 Å². The van der Waals surface area contributed by atoms with E-state index in [-0.39, 0.29) is 18.0 Å². The number of carboxylic acids is 1. The van der Waals surface area contributed by atoms with E-state index in [0.29, 0.717) is 12.1 Å². The molecule has 0 saturated heterocycles. The molecular formula is C30H27F2NO2. The number of aliphatic carboxylic acids is 1. The van der Waals surface area contributed by atoms with Crippen LogP contribution in [0.4, 0.5) is 8.78 Å². The fourth-order valence-electron chi connectivity index (χ4n) is 4.46. The molecule has 0 amide bonds. The Balaban J connectivity index is 1.79. The Morgan fingerprint density at radius 3 is 2.14 bits per heavy atom. The van der Waals surface area contributed by atoms with E-state index in [1.165, 1.54) is 12.1 Å². The van der Waals surface area contributed by atoms with Crippen molar-refractivity contribution in [1.82, 2.24) is 4.90 Å². The molecule has 3 nitrogen and oxygen atoms in total. The maximum Gasteiger partial charge on any atom is 0.305 e. The number of carboxylic acid groups (broad SMARTS) is 1. The molecule has 0 aliphatic carbocycles. The molecule has 0 heterocycles. The van der Waals surface area contributed by atoms with Crippen LogP contribution in [0.5, 0.6) is 0 Å². The third-order valence-corrected chi connectivity index (χ3v) is 6.27. The van der Waals surface area contributed by atoms with Gasteiger partial charge in [0, 0.05) is 30.3 Å². The zero-order valence-corrected chi connectivity index (χ0v) is 19.4. The fourth-order valence-corrected chi connectivity index (χ4v) is 4.46. The molecule has 0 bridgehead atoms. The van der Waals surface area contributed by atoms with Gasteiger partial charge in [0.05, 0.1) is 6.42 Å². The van der Waals surface area contributed by atoms with Crippen LogP contribution in [0.3, 0.4) is 0 Å². The second-order valence-corrected chi connectivity index (χ2v) is 8.61. The van der Waals surface area contributed by atoms with Crippen LogP contribution in [0.1, 0.15) is 42.1 Å². The van der Waals surface area contributed by atoms with Crippen LogP contribution in [-0.2, 0) is 11.3 Å². The van der Waals surface area contributed by atoms with E-state index in [1.807, 2.05) is 66.7 Å². The Bertz CT molecular complexity index is 1280. The highest BCUT2D eigenvalue weighted by Crippen LogP contribution is 2.36. The molecule has 5 heteroatoms. The van der Waals surface area contributed by atoms with Gasteiger partial charge in [0.2, 0.25) is 0 Å². The number of hydrogen-bond acceptors (Lipinski definition) is 2. The van der Waals surface area contributed by atoms with E-state index in [4.69, 9.17) is 0 Å².